The van der Waals surface area contributed by atoms with Crippen LogP contribution in [0.2, 0.25) is 0 Å². The second kappa shape index (κ2) is 7.98. The van der Waals surface area contributed by atoms with Gasteiger partial charge in [0.1, 0.15) is 0 Å². The summed E-state index contributed by atoms with van der Waals surface area (Å²) in [5, 5.41) is 17.2. The first kappa shape index (κ1) is 18.7. The second-order valence-electron chi connectivity index (χ2n) is 5.86. The monoisotopic (exact) mass is 361 g/mol. The maximum absolute atomic E-state index is 12.5. The number of fused-ring (bicyclic) bond motifs is 1. The molecular weight excluding hydrogens is 342 g/mol. The fraction of sp³-hybridized carbons (Fsp3) is 0.278. The molecule has 0 aliphatic carbocycles. The number of hydrogen-bond acceptors (Lipinski definition) is 4. The summed E-state index contributed by atoms with van der Waals surface area (Å²) >= 11 is 0. The molecule has 3 rings (SSSR count). The number of halogens is 1. The number of amides is 1. The highest BCUT2D eigenvalue weighted by molar-refractivity contribution is 5.97. The van der Waals surface area contributed by atoms with Gasteiger partial charge >= 0.3 is 0 Å². The Kier molecular flexibility index (Phi) is 5.98. The van der Waals surface area contributed by atoms with Gasteiger partial charge in [0.05, 0.1) is 4.92 Å². The van der Waals surface area contributed by atoms with Gasteiger partial charge in [-0.15, -0.1) is 12.4 Å². The van der Waals surface area contributed by atoms with Crippen molar-refractivity contribution in [2.75, 3.05) is 11.9 Å². The Morgan fingerprint density at radius 2 is 2.04 bits per heavy atom. The van der Waals surface area contributed by atoms with Crippen LogP contribution >= 0.6 is 12.4 Å². The summed E-state index contributed by atoms with van der Waals surface area (Å²) in [6.45, 7) is 2.89. The minimum Gasteiger partial charge on any atom is -0.385 e. The summed E-state index contributed by atoms with van der Waals surface area (Å²) < 4.78 is 0. The standard InChI is InChI=1S/C18H19N3O3.ClH/c1-12-13(5-2-9-17(12)21(23)24)11-20-18(22)15-6-3-8-16-14(15)7-4-10-19-16;/h2-3,5-6,8-9,19H,4,7,10-11H2,1H3,(H,20,22);1H. The third kappa shape index (κ3) is 3.91. The summed E-state index contributed by atoms with van der Waals surface area (Å²) in [6.07, 6.45) is 1.88. The van der Waals surface area contributed by atoms with Crippen molar-refractivity contribution in [3.63, 3.8) is 0 Å². The van der Waals surface area contributed by atoms with E-state index < -0.39 is 4.92 Å². The van der Waals surface area contributed by atoms with E-state index in [9.17, 15) is 14.9 Å². The van der Waals surface area contributed by atoms with Gasteiger partial charge in [0.15, 0.2) is 0 Å². The van der Waals surface area contributed by atoms with Crippen LogP contribution in [0.25, 0.3) is 0 Å². The maximum atomic E-state index is 12.5. The molecule has 6 nitrogen and oxygen atoms in total. The number of benzene rings is 2. The molecule has 0 saturated carbocycles. The highest BCUT2D eigenvalue weighted by atomic mass is 35.5. The molecule has 132 valence electrons. The quantitative estimate of drug-likeness (QED) is 0.643. The maximum Gasteiger partial charge on any atom is 0.272 e. The summed E-state index contributed by atoms with van der Waals surface area (Å²) in [4.78, 5) is 23.1. The molecule has 1 heterocycles. The van der Waals surface area contributed by atoms with Crippen molar-refractivity contribution in [2.45, 2.75) is 26.3 Å². The summed E-state index contributed by atoms with van der Waals surface area (Å²) in [5.74, 6) is -0.151. The van der Waals surface area contributed by atoms with E-state index in [1.54, 1.807) is 19.1 Å². The van der Waals surface area contributed by atoms with Gasteiger partial charge in [0.25, 0.3) is 11.6 Å². The number of carbonyl (C=O) groups is 1. The molecule has 2 aromatic rings. The van der Waals surface area contributed by atoms with Crippen molar-refractivity contribution in [3.05, 3.63) is 68.8 Å². The fourth-order valence-corrected chi connectivity index (χ4v) is 3.05. The third-order valence-corrected chi connectivity index (χ3v) is 4.39. The number of hydrogen-bond donors (Lipinski definition) is 2. The van der Waals surface area contributed by atoms with E-state index >= 15 is 0 Å². The topological polar surface area (TPSA) is 84.3 Å². The van der Waals surface area contributed by atoms with Crippen molar-refractivity contribution in [2.24, 2.45) is 0 Å². The van der Waals surface area contributed by atoms with Crippen LogP contribution < -0.4 is 10.6 Å². The largest absolute Gasteiger partial charge is 0.385 e. The van der Waals surface area contributed by atoms with E-state index in [0.717, 1.165) is 36.2 Å². The van der Waals surface area contributed by atoms with Crippen molar-refractivity contribution in [1.29, 1.82) is 0 Å². The molecule has 1 aliphatic rings. The minimum atomic E-state index is -0.403. The molecule has 0 saturated heterocycles. The lowest BCUT2D eigenvalue weighted by atomic mass is 9.97. The van der Waals surface area contributed by atoms with E-state index in [-0.39, 0.29) is 30.5 Å². The summed E-state index contributed by atoms with van der Waals surface area (Å²) in [6, 6.07) is 10.6. The Morgan fingerprint density at radius 1 is 1.28 bits per heavy atom. The van der Waals surface area contributed by atoms with Gasteiger partial charge in [-0.3, -0.25) is 14.9 Å². The first-order valence-corrected chi connectivity index (χ1v) is 7.95. The molecule has 0 spiro atoms. The number of nitro groups is 1. The number of nitrogens with zero attached hydrogens (tertiary/aromatic N) is 1. The highest BCUT2D eigenvalue weighted by Gasteiger charge is 2.18. The van der Waals surface area contributed by atoms with Crippen LogP contribution in [0.15, 0.2) is 36.4 Å². The van der Waals surface area contributed by atoms with Crippen LogP contribution in [0.5, 0.6) is 0 Å². The molecule has 0 atom stereocenters. The van der Waals surface area contributed by atoms with Crippen LogP contribution in [0.4, 0.5) is 11.4 Å². The van der Waals surface area contributed by atoms with Gasteiger partial charge in [-0.05, 0) is 43.0 Å². The molecule has 7 heteroatoms. The van der Waals surface area contributed by atoms with E-state index in [4.69, 9.17) is 0 Å². The van der Waals surface area contributed by atoms with Gasteiger partial charge in [-0.25, -0.2) is 0 Å². The molecule has 0 unspecified atom stereocenters. The third-order valence-electron chi connectivity index (χ3n) is 4.39. The fourth-order valence-electron chi connectivity index (χ4n) is 3.05. The van der Waals surface area contributed by atoms with Crippen LogP contribution in [-0.4, -0.2) is 17.4 Å². The molecule has 1 aliphatic heterocycles. The molecule has 0 radical (unpaired) electrons. The smallest absolute Gasteiger partial charge is 0.272 e. The van der Waals surface area contributed by atoms with E-state index in [0.29, 0.717) is 11.1 Å². The first-order valence-electron chi connectivity index (χ1n) is 7.95. The predicted octanol–water partition coefficient (Wildman–Crippen LogP) is 3.61. The lowest BCUT2D eigenvalue weighted by Gasteiger charge is -2.20. The zero-order valence-corrected chi connectivity index (χ0v) is 14.7. The molecule has 1 amide bonds. The SMILES string of the molecule is Cc1c(CNC(=O)c2cccc3c2CCCN3)cccc1[N+](=O)[O-].Cl. The Labute approximate surface area is 152 Å². The van der Waals surface area contributed by atoms with Crippen molar-refractivity contribution in [3.8, 4) is 0 Å². The summed E-state index contributed by atoms with van der Waals surface area (Å²) in [7, 11) is 0. The predicted molar refractivity (Wildman–Crippen MR) is 99.5 cm³/mol. The van der Waals surface area contributed by atoms with Gasteiger partial charge in [-0.2, -0.15) is 0 Å². The van der Waals surface area contributed by atoms with E-state index in [1.165, 1.54) is 6.07 Å². The normalized spacial score (nSPS) is 12.4. The molecule has 0 aromatic heterocycles. The highest BCUT2D eigenvalue weighted by Crippen LogP contribution is 2.25. The molecule has 25 heavy (non-hydrogen) atoms. The Morgan fingerprint density at radius 3 is 2.80 bits per heavy atom. The average Bonchev–Trinajstić information content (AvgIpc) is 2.59. The molecule has 0 bridgehead atoms. The molecular formula is C18H20ClN3O3. The van der Waals surface area contributed by atoms with Crippen molar-refractivity contribution >= 4 is 29.7 Å². The summed E-state index contributed by atoms with van der Waals surface area (Å²) in [5.41, 5.74) is 4.13. The number of carbonyl (C=O) groups excluding carboxylic acids is 1. The second-order valence-corrected chi connectivity index (χ2v) is 5.86. The Hall–Kier alpha value is -2.60. The van der Waals surface area contributed by atoms with Gasteiger partial charge < -0.3 is 10.6 Å². The zero-order chi connectivity index (χ0) is 17.1. The zero-order valence-electron chi connectivity index (χ0n) is 13.9. The first-order chi connectivity index (χ1) is 11.6. The number of nitro benzene ring substituents is 1. The van der Waals surface area contributed by atoms with Gasteiger partial charge in [0.2, 0.25) is 0 Å². The average molecular weight is 362 g/mol. The van der Waals surface area contributed by atoms with Crippen LogP contribution in [0.1, 0.15) is 33.5 Å². The van der Waals surface area contributed by atoms with Gasteiger partial charge in [0, 0.05) is 36.0 Å². The van der Waals surface area contributed by atoms with Crippen LogP contribution in [0, 0.1) is 17.0 Å². The van der Waals surface area contributed by atoms with Gasteiger partial charge in [-0.1, -0.05) is 18.2 Å². The number of anilines is 1. The van der Waals surface area contributed by atoms with Crippen LogP contribution in [-0.2, 0) is 13.0 Å². The molecule has 0 fully saturated rings. The molecule has 2 aromatic carbocycles. The minimum absolute atomic E-state index is 0. The Bertz CT molecular complexity index is 808. The lowest BCUT2D eigenvalue weighted by molar-refractivity contribution is -0.385. The molecule has 2 N–H and O–H groups in total. The van der Waals surface area contributed by atoms with Crippen molar-refractivity contribution < 1.29 is 9.72 Å². The lowest BCUT2D eigenvalue weighted by Crippen LogP contribution is -2.26. The number of nitrogens with one attached hydrogen (secondary N) is 2. The Balaban J connectivity index is 0.00000225. The van der Waals surface area contributed by atoms with E-state index in [1.807, 2.05) is 18.2 Å². The van der Waals surface area contributed by atoms with Crippen LogP contribution in [0.3, 0.4) is 0 Å². The van der Waals surface area contributed by atoms with Crippen molar-refractivity contribution in [1.82, 2.24) is 5.32 Å². The van der Waals surface area contributed by atoms with E-state index in [2.05, 4.69) is 10.6 Å². The number of rotatable bonds is 4.